The molecule has 1 aromatic rings. The first-order valence-corrected chi connectivity index (χ1v) is 6.10. The molecule has 90 valence electrons. The van der Waals surface area contributed by atoms with Crippen LogP contribution in [0.5, 0.6) is 0 Å². The van der Waals surface area contributed by atoms with E-state index in [4.69, 9.17) is 5.11 Å². The fraction of sp³-hybridized carbons (Fsp3) is 0.500. The zero-order valence-electron chi connectivity index (χ0n) is 9.85. The summed E-state index contributed by atoms with van der Waals surface area (Å²) in [6, 6.07) is 8.22. The Bertz CT molecular complexity index is 414. The molecular formula is C14H17NO2. The topological polar surface area (TPSA) is 49.7 Å². The number of aliphatic hydroxyl groups is 1. The number of isocyanates is 1. The number of nitrogens with zero attached hydrogens (tertiary/aromatic N) is 1. The molecule has 0 atom stereocenters. The van der Waals surface area contributed by atoms with Gasteiger partial charge < -0.3 is 5.11 Å². The molecule has 0 radical (unpaired) electrons. The fourth-order valence-electron chi connectivity index (χ4n) is 2.33. The van der Waals surface area contributed by atoms with Crippen LogP contribution in [0.2, 0.25) is 0 Å². The number of aryl methyl sites for hydroxylation is 1. The number of benzene rings is 1. The van der Waals surface area contributed by atoms with E-state index in [0.717, 1.165) is 37.7 Å². The van der Waals surface area contributed by atoms with Crippen LogP contribution in [-0.4, -0.2) is 17.8 Å². The lowest BCUT2D eigenvalue weighted by molar-refractivity contribution is 0.256. The van der Waals surface area contributed by atoms with Crippen molar-refractivity contribution in [3.8, 4) is 0 Å². The van der Waals surface area contributed by atoms with Crippen molar-refractivity contribution in [2.75, 3.05) is 6.61 Å². The van der Waals surface area contributed by atoms with Gasteiger partial charge in [-0.25, -0.2) is 4.79 Å². The second-order valence-electron chi connectivity index (χ2n) is 4.61. The predicted octanol–water partition coefficient (Wildman–Crippen LogP) is 2.33. The van der Waals surface area contributed by atoms with E-state index in [1.807, 2.05) is 12.1 Å². The fourth-order valence-corrected chi connectivity index (χ4v) is 2.33. The molecule has 1 aliphatic rings. The molecule has 1 aromatic carbocycles. The summed E-state index contributed by atoms with van der Waals surface area (Å²) in [5.74, 6) is 0. The minimum absolute atomic E-state index is 0.223. The quantitative estimate of drug-likeness (QED) is 0.624. The van der Waals surface area contributed by atoms with Crippen LogP contribution < -0.4 is 0 Å². The average Bonchev–Trinajstić information content (AvgIpc) is 2.32. The zero-order chi connectivity index (χ0) is 12.1. The molecular weight excluding hydrogens is 214 g/mol. The lowest BCUT2D eigenvalue weighted by atomic mass is 9.72. The summed E-state index contributed by atoms with van der Waals surface area (Å²) in [6.07, 6.45) is 6.39. The van der Waals surface area contributed by atoms with Crippen molar-refractivity contribution in [2.45, 2.75) is 37.6 Å². The molecule has 1 saturated carbocycles. The first-order valence-electron chi connectivity index (χ1n) is 6.10. The molecule has 17 heavy (non-hydrogen) atoms. The normalized spacial score (nSPS) is 17.0. The Morgan fingerprint density at radius 3 is 2.47 bits per heavy atom. The van der Waals surface area contributed by atoms with Gasteiger partial charge in [-0.1, -0.05) is 24.3 Å². The van der Waals surface area contributed by atoms with Gasteiger partial charge in [0, 0.05) is 6.61 Å². The lowest BCUT2D eigenvalue weighted by Crippen LogP contribution is -2.31. The Morgan fingerprint density at radius 2 is 2.00 bits per heavy atom. The van der Waals surface area contributed by atoms with Crippen molar-refractivity contribution < 1.29 is 9.90 Å². The van der Waals surface area contributed by atoms with E-state index in [1.165, 1.54) is 5.56 Å². The summed E-state index contributed by atoms with van der Waals surface area (Å²) in [5.41, 5.74) is 2.03. The summed E-state index contributed by atoms with van der Waals surface area (Å²) in [6.45, 7) is 0.223. The van der Waals surface area contributed by atoms with Gasteiger partial charge in [0.1, 0.15) is 0 Å². The Balaban J connectivity index is 2.14. The monoisotopic (exact) mass is 231 g/mol. The standard InChI is InChI=1S/C14H17NO2/c16-10-1-3-12-4-6-13(7-5-12)14(15-11-17)8-2-9-14/h4-7,16H,1-3,8-10H2. The highest BCUT2D eigenvalue weighted by Gasteiger charge is 2.38. The van der Waals surface area contributed by atoms with Crippen molar-refractivity contribution in [2.24, 2.45) is 4.99 Å². The molecule has 0 unspecified atom stereocenters. The van der Waals surface area contributed by atoms with Crippen LogP contribution in [0.25, 0.3) is 0 Å². The van der Waals surface area contributed by atoms with Gasteiger partial charge in [0.2, 0.25) is 6.08 Å². The van der Waals surface area contributed by atoms with Gasteiger partial charge in [0.25, 0.3) is 0 Å². The second kappa shape index (κ2) is 5.26. The number of hydrogen-bond acceptors (Lipinski definition) is 3. The minimum atomic E-state index is -0.294. The van der Waals surface area contributed by atoms with Crippen LogP contribution in [0.4, 0.5) is 0 Å². The van der Waals surface area contributed by atoms with Crippen molar-refractivity contribution in [3.05, 3.63) is 35.4 Å². The van der Waals surface area contributed by atoms with Crippen LogP contribution in [0.3, 0.4) is 0 Å². The van der Waals surface area contributed by atoms with E-state index in [1.54, 1.807) is 6.08 Å². The van der Waals surface area contributed by atoms with Crippen LogP contribution in [0, 0.1) is 0 Å². The highest BCUT2D eigenvalue weighted by Crippen LogP contribution is 2.44. The van der Waals surface area contributed by atoms with Crippen LogP contribution in [-0.2, 0) is 16.8 Å². The van der Waals surface area contributed by atoms with Gasteiger partial charge in [-0.2, -0.15) is 4.99 Å². The molecule has 0 aromatic heterocycles. The van der Waals surface area contributed by atoms with E-state index in [-0.39, 0.29) is 12.1 Å². The molecule has 1 aliphatic carbocycles. The van der Waals surface area contributed by atoms with Crippen molar-refractivity contribution >= 4 is 6.08 Å². The van der Waals surface area contributed by atoms with Crippen LogP contribution in [0.15, 0.2) is 29.3 Å². The highest BCUT2D eigenvalue weighted by atomic mass is 16.2. The predicted molar refractivity (Wildman–Crippen MR) is 65.5 cm³/mol. The molecule has 0 saturated heterocycles. The van der Waals surface area contributed by atoms with Gasteiger partial charge in [-0.3, -0.25) is 0 Å². The van der Waals surface area contributed by atoms with Crippen LogP contribution in [0.1, 0.15) is 36.8 Å². The van der Waals surface area contributed by atoms with Crippen molar-refractivity contribution in [3.63, 3.8) is 0 Å². The van der Waals surface area contributed by atoms with E-state index < -0.39 is 0 Å². The molecule has 0 heterocycles. The number of aliphatic imine (C=N–C) groups is 1. The molecule has 3 nitrogen and oxygen atoms in total. The molecule has 0 bridgehead atoms. The number of rotatable bonds is 5. The molecule has 0 amide bonds. The third-order valence-corrected chi connectivity index (χ3v) is 3.56. The maximum atomic E-state index is 10.5. The van der Waals surface area contributed by atoms with Gasteiger partial charge in [-0.05, 0) is 43.2 Å². The third kappa shape index (κ3) is 2.46. The maximum absolute atomic E-state index is 10.5. The maximum Gasteiger partial charge on any atom is 0.235 e. The SMILES string of the molecule is O=C=NC1(c2ccc(CCCO)cc2)CCC1. The van der Waals surface area contributed by atoms with Gasteiger partial charge >= 0.3 is 0 Å². The molecule has 1 N–H and O–H groups in total. The van der Waals surface area contributed by atoms with E-state index >= 15 is 0 Å². The number of aliphatic hydroxyl groups excluding tert-OH is 1. The minimum Gasteiger partial charge on any atom is -0.396 e. The summed E-state index contributed by atoms with van der Waals surface area (Å²) in [4.78, 5) is 14.5. The Labute approximate surface area is 101 Å². The van der Waals surface area contributed by atoms with E-state index in [0.29, 0.717) is 0 Å². The van der Waals surface area contributed by atoms with Crippen molar-refractivity contribution in [1.82, 2.24) is 0 Å². The zero-order valence-corrected chi connectivity index (χ0v) is 9.85. The van der Waals surface area contributed by atoms with Gasteiger partial charge in [-0.15, -0.1) is 0 Å². The van der Waals surface area contributed by atoms with Gasteiger partial charge in [0.05, 0.1) is 5.54 Å². The van der Waals surface area contributed by atoms with Crippen LogP contribution >= 0.6 is 0 Å². The smallest absolute Gasteiger partial charge is 0.235 e. The molecule has 3 heteroatoms. The van der Waals surface area contributed by atoms with E-state index in [2.05, 4.69) is 17.1 Å². The van der Waals surface area contributed by atoms with Gasteiger partial charge in [0.15, 0.2) is 0 Å². The van der Waals surface area contributed by atoms with E-state index in [9.17, 15) is 4.79 Å². The van der Waals surface area contributed by atoms with Crippen molar-refractivity contribution in [1.29, 1.82) is 0 Å². The number of carbonyl (C=O) groups excluding carboxylic acids is 1. The lowest BCUT2D eigenvalue weighted by Gasteiger charge is -2.37. The largest absolute Gasteiger partial charge is 0.396 e. The molecule has 1 fully saturated rings. The first kappa shape index (κ1) is 12.0. The molecule has 0 aliphatic heterocycles. The summed E-state index contributed by atoms with van der Waals surface area (Å²) in [7, 11) is 0. The molecule has 0 spiro atoms. The summed E-state index contributed by atoms with van der Waals surface area (Å²) < 4.78 is 0. The Morgan fingerprint density at radius 1 is 1.29 bits per heavy atom. The Hall–Kier alpha value is -1.44. The molecule has 2 rings (SSSR count). The summed E-state index contributed by atoms with van der Waals surface area (Å²) >= 11 is 0. The second-order valence-corrected chi connectivity index (χ2v) is 4.61. The highest BCUT2D eigenvalue weighted by molar-refractivity contribution is 5.40. The Kier molecular flexibility index (Phi) is 3.72. The third-order valence-electron chi connectivity index (χ3n) is 3.56. The first-order chi connectivity index (χ1) is 8.30. The number of hydrogen-bond donors (Lipinski definition) is 1. The average molecular weight is 231 g/mol. The summed E-state index contributed by atoms with van der Waals surface area (Å²) in [5, 5.41) is 8.77.